The molecule has 0 saturated heterocycles. The van der Waals surface area contributed by atoms with Crippen LogP contribution in [0.5, 0.6) is 0 Å². The number of unbranched alkanes of at least 4 members (excludes halogenated alkanes) is 2. The van der Waals surface area contributed by atoms with Gasteiger partial charge in [0, 0.05) is 26.0 Å². The first-order chi connectivity index (χ1) is 12.3. The van der Waals surface area contributed by atoms with Crippen LogP contribution in [-0.4, -0.2) is 35.9 Å². The molecule has 26 heavy (non-hydrogen) atoms. The number of hydrogen-bond donors (Lipinski definition) is 2. The second kappa shape index (κ2) is 10.8. The van der Waals surface area contributed by atoms with Crippen molar-refractivity contribution in [2.24, 2.45) is 0 Å². The number of hydrogen-bond acceptors (Lipinski definition) is 6. The molecule has 1 aromatic rings. The Morgan fingerprint density at radius 2 is 1.92 bits per heavy atom. The standard InChI is InChI=1S/C17H23N3O6/c1-12-7-8-14(15(10-12)20(24)25)19-16(22)11-26-17(23)6-4-3-5-9-18-13(2)21/h7-8,10H,3-6,9,11H2,1-2H3,(H,18,21)(H,19,22). The number of esters is 1. The van der Waals surface area contributed by atoms with Crippen molar-refractivity contribution in [1.82, 2.24) is 5.32 Å². The van der Waals surface area contributed by atoms with Crippen LogP contribution < -0.4 is 10.6 Å². The lowest BCUT2D eigenvalue weighted by Gasteiger charge is -2.08. The predicted molar refractivity (Wildman–Crippen MR) is 94.6 cm³/mol. The minimum Gasteiger partial charge on any atom is -0.456 e. The normalized spacial score (nSPS) is 10.1. The van der Waals surface area contributed by atoms with Crippen molar-refractivity contribution >= 4 is 29.2 Å². The molecule has 0 saturated carbocycles. The van der Waals surface area contributed by atoms with Gasteiger partial charge in [-0.3, -0.25) is 24.5 Å². The summed E-state index contributed by atoms with van der Waals surface area (Å²) >= 11 is 0. The number of benzene rings is 1. The molecule has 0 aliphatic rings. The Bertz CT molecular complexity index is 674. The Morgan fingerprint density at radius 1 is 1.19 bits per heavy atom. The van der Waals surface area contributed by atoms with Crippen molar-refractivity contribution in [2.45, 2.75) is 39.5 Å². The fourth-order valence-electron chi connectivity index (χ4n) is 2.14. The van der Waals surface area contributed by atoms with Crippen LogP contribution in [0, 0.1) is 17.0 Å². The topological polar surface area (TPSA) is 128 Å². The molecule has 0 spiro atoms. The van der Waals surface area contributed by atoms with Gasteiger partial charge in [0.1, 0.15) is 5.69 Å². The SMILES string of the molecule is CC(=O)NCCCCCC(=O)OCC(=O)Nc1ccc(C)cc1[N+](=O)[O-]. The molecule has 9 nitrogen and oxygen atoms in total. The van der Waals surface area contributed by atoms with Crippen LogP contribution in [0.3, 0.4) is 0 Å². The summed E-state index contributed by atoms with van der Waals surface area (Å²) in [4.78, 5) is 44.5. The van der Waals surface area contributed by atoms with Gasteiger partial charge < -0.3 is 15.4 Å². The summed E-state index contributed by atoms with van der Waals surface area (Å²) in [6, 6.07) is 4.42. The number of carbonyl (C=O) groups excluding carboxylic acids is 3. The van der Waals surface area contributed by atoms with Gasteiger partial charge in [0.25, 0.3) is 11.6 Å². The zero-order valence-electron chi connectivity index (χ0n) is 14.9. The van der Waals surface area contributed by atoms with Gasteiger partial charge in [-0.05, 0) is 31.4 Å². The van der Waals surface area contributed by atoms with Crippen molar-refractivity contribution in [3.8, 4) is 0 Å². The summed E-state index contributed by atoms with van der Waals surface area (Å²) in [5, 5.41) is 16.0. The third kappa shape index (κ3) is 8.22. The van der Waals surface area contributed by atoms with Gasteiger partial charge in [0.05, 0.1) is 4.92 Å². The number of ether oxygens (including phenoxy) is 1. The van der Waals surface area contributed by atoms with Crippen molar-refractivity contribution in [3.05, 3.63) is 33.9 Å². The highest BCUT2D eigenvalue weighted by Gasteiger charge is 2.16. The Morgan fingerprint density at radius 3 is 2.58 bits per heavy atom. The molecule has 0 aliphatic heterocycles. The van der Waals surface area contributed by atoms with Gasteiger partial charge in [0.15, 0.2) is 6.61 Å². The molecular formula is C17H23N3O6. The van der Waals surface area contributed by atoms with Crippen molar-refractivity contribution in [3.63, 3.8) is 0 Å². The molecule has 0 unspecified atom stereocenters. The average molecular weight is 365 g/mol. The molecule has 0 bridgehead atoms. The Hall–Kier alpha value is -2.97. The Labute approximate surface area is 151 Å². The Kier molecular flexibility index (Phi) is 8.76. The van der Waals surface area contributed by atoms with Gasteiger partial charge in [-0.2, -0.15) is 0 Å². The monoisotopic (exact) mass is 365 g/mol. The number of nitrogens with one attached hydrogen (secondary N) is 2. The lowest BCUT2D eigenvalue weighted by atomic mass is 10.2. The van der Waals surface area contributed by atoms with Crippen LogP contribution in [0.15, 0.2) is 18.2 Å². The number of rotatable bonds is 10. The molecule has 142 valence electrons. The highest BCUT2D eigenvalue weighted by Crippen LogP contribution is 2.25. The number of carbonyl (C=O) groups is 3. The van der Waals surface area contributed by atoms with E-state index in [-0.39, 0.29) is 23.7 Å². The molecular weight excluding hydrogens is 342 g/mol. The molecule has 1 rings (SSSR count). The minimum absolute atomic E-state index is 0.0552. The molecule has 0 fully saturated rings. The van der Waals surface area contributed by atoms with Gasteiger partial charge in [0.2, 0.25) is 5.91 Å². The van der Waals surface area contributed by atoms with E-state index in [1.54, 1.807) is 13.0 Å². The summed E-state index contributed by atoms with van der Waals surface area (Å²) < 4.78 is 4.85. The number of nitro groups is 1. The second-order valence-corrected chi connectivity index (χ2v) is 5.78. The third-order valence-corrected chi connectivity index (χ3v) is 3.42. The fraction of sp³-hybridized carbons (Fsp3) is 0.471. The van der Waals surface area contributed by atoms with Crippen LogP contribution in [0.2, 0.25) is 0 Å². The largest absolute Gasteiger partial charge is 0.456 e. The second-order valence-electron chi connectivity index (χ2n) is 5.78. The quantitative estimate of drug-likeness (QED) is 0.283. The first kappa shape index (κ1) is 21.1. The van der Waals surface area contributed by atoms with Crippen LogP contribution in [-0.2, 0) is 19.1 Å². The zero-order valence-corrected chi connectivity index (χ0v) is 14.9. The highest BCUT2D eigenvalue weighted by atomic mass is 16.6. The van der Waals surface area contributed by atoms with Crippen LogP contribution in [0.25, 0.3) is 0 Å². The average Bonchev–Trinajstić information content (AvgIpc) is 2.57. The van der Waals surface area contributed by atoms with Crippen molar-refractivity contribution < 1.29 is 24.0 Å². The number of nitro benzene ring substituents is 1. The summed E-state index contributed by atoms with van der Waals surface area (Å²) in [5.41, 5.74) is 0.531. The summed E-state index contributed by atoms with van der Waals surface area (Å²) in [5.74, 6) is -1.25. The van der Waals surface area contributed by atoms with Gasteiger partial charge in [-0.1, -0.05) is 12.5 Å². The minimum atomic E-state index is -0.643. The number of aryl methyl sites for hydroxylation is 1. The molecule has 0 aliphatic carbocycles. The van der Waals surface area contributed by atoms with E-state index in [2.05, 4.69) is 10.6 Å². The summed E-state index contributed by atoms with van der Waals surface area (Å²) in [6.45, 7) is 3.20. The number of amides is 2. The van der Waals surface area contributed by atoms with E-state index < -0.39 is 23.4 Å². The highest BCUT2D eigenvalue weighted by molar-refractivity contribution is 5.94. The maximum absolute atomic E-state index is 11.8. The molecule has 0 atom stereocenters. The maximum Gasteiger partial charge on any atom is 0.306 e. The molecule has 9 heteroatoms. The van der Waals surface area contributed by atoms with E-state index in [0.29, 0.717) is 18.5 Å². The van der Waals surface area contributed by atoms with E-state index in [9.17, 15) is 24.5 Å². The van der Waals surface area contributed by atoms with E-state index >= 15 is 0 Å². The lowest BCUT2D eigenvalue weighted by Crippen LogP contribution is -2.21. The zero-order chi connectivity index (χ0) is 19.5. The first-order valence-electron chi connectivity index (χ1n) is 8.24. The van der Waals surface area contributed by atoms with Crippen molar-refractivity contribution in [1.29, 1.82) is 0 Å². The van der Waals surface area contributed by atoms with E-state index in [4.69, 9.17) is 4.74 Å². The molecule has 2 amide bonds. The predicted octanol–water partition coefficient (Wildman–Crippen LogP) is 2.08. The lowest BCUT2D eigenvalue weighted by molar-refractivity contribution is -0.384. The van der Waals surface area contributed by atoms with Gasteiger partial charge >= 0.3 is 5.97 Å². The van der Waals surface area contributed by atoms with Crippen molar-refractivity contribution in [2.75, 3.05) is 18.5 Å². The third-order valence-electron chi connectivity index (χ3n) is 3.42. The smallest absolute Gasteiger partial charge is 0.306 e. The maximum atomic E-state index is 11.8. The van der Waals surface area contributed by atoms with Gasteiger partial charge in [-0.15, -0.1) is 0 Å². The van der Waals surface area contributed by atoms with Crippen LogP contribution >= 0.6 is 0 Å². The first-order valence-corrected chi connectivity index (χ1v) is 8.24. The van der Waals surface area contributed by atoms with Crippen LogP contribution in [0.4, 0.5) is 11.4 Å². The molecule has 0 heterocycles. The van der Waals surface area contributed by atoms with E-state index in [0.717, 1.165) is 12.8 Å². The molecule has 0 aromatic heterocycles. The van der Waals surface area contributed by atoms with E-state index in [1.807, 2.05) is 0 Å². The Balaban J connectivity index is 2.31. The summed E-state index contributed by atoms with van der Waals surface area (Å²) in [7, 11) is 0. The number of anilines is 1. The molecule has 2 N–H and O–H groups in total. The summed E-state index contributed by atoms with van der Waals surface area (Å²) in [6.07, 6.45) is 2.25. The van der Waals surface area contributed by atoms with Gasteiger partial charge in [-0.25, -0.2) is 0 Å². The fourth-order valence-corrected chi connectivity index (χ4v) is 2.14. The number of nitrogens with zero attached hydrogens (tertiary/aromatic N) is 1. The van der Waals surface area contributed by atoms with E-state index in [1.165, 1.54) is 19.1 Å². The van der Waals surface area contributed by atoms with Crippen LogP contribution in [0.1, 0.15) is 38.2 Å². The molecule has 0 radical (unpaired) electrons. The molecule has 1 aromatic carbocycles.